The van der Waals surface area contributed by atoms with Crippen LogP contribution in [0.4, 0.5) is 0 Å². The third kappa shape index (κ3) is 2.91. The molecule has 1 aromatic rings. The van der Waals surface area contributed by atoms with Crippen LogP contribution in [0.15, 0.2) is 59.2 Å². The molecule has 1 N–H and O–H groups in total. The number of fused-ring (bicyclic) bond motifs is 4. The minimum Gasteiger partial charge on any atom is -0.385 e. The zero-order valence-electron chi connectivity index (χ0n) is 17.7. The standard InChI is InChI=1S/C27H32O2/c1-18-17-26(2)24(13-15-27(26,29)14-12-19-6-4-3-5-7-19)23-10-8-20-16-21(28)9-11-22(20)25(18)23/h3-7,12,14,16,18,23-24,29H,8-11,13,15,17H2,1-2H3/b14-12+/t18-,23?,24?,26-,27-/m0/s1. The second-order valence-electron chi connectivity index (χ2n) is 10.1. The highest BCUT2D eigenvalue weighted by molar-refractivity contribution is 5.93. The molecule has 4 aliphatic carbocycles. The first kappa shape index (κ1) is 19.1. The van der Waals surface area contributed by atoms with Gasteiger partial charge in [0.25, 0.3) is 0 Å². The summed E-state index contributed by atoms with van der Waals surface area (Å²) in [5.74, 6) is 1.88. The van der Waals surface area contributed by atoms with Crippen LogP contribution in [-0.4, -0.2) is 16.5 Å². The molecule has 2 fully saturated rings. The van der Waals surface area contributed by atoms with Crippen molar-refractivity contribution in [2.45, 2.75) is 64.4 Å². The molecule has 5 atom stereocenters. The summed E-state index contributed by atoms with van der Waals surface area (Å²) in [5.41, 5.74) is 4.79. The van der Waals surface area contributed by atoms with Gasteiger partial charge in [0, 0.05) is 11.8 Å². The molecular formula is C27H32O2. The molecule has 0 saturated heterocycles. The molecule has 0 amide bonds. The van der Waals surface area contributed by atoms with Crippen LogP contribution in [0.1, 0.15) is 64.4 Å². The maximum atomic E-state index is 11.9. The van der Waals surface area contributed by atoms with E-state index in [1.165, 1.54) is 11.1 Å². The fraction of sp³-hybridized carbons (Fsp3) is 0.519. The van der Waals surface area contributed by atoms with Crippen molar-refractivity contribution in [2.24, 2.45) is 23.2 Å². The molecule has 4 aliphatic rings. The number of aliphatic hydroxyl groups is 1. The number of rotatable bonds is 2. The van der Waals surface area contributed by atoms with Gasteiger partial charge in [-0.2, -0.15) is 0 Å². The lowest BCUT2D eigenvalue weighted by Gasteiger charge is -2.53. The van der Waals surface area contributed by atoms with Crippen molar-refractivity contribution < 1.29 is 9.90 Å². The highest BCUT2D eigenvalue weighted by Crippen LogP contribution is 2.65. The number of ketones is 1. The van der Waals surface area contributed by atoms with E-state index in [4.69, 9.17) is 0 Å². The summed E-state index contributed by atoms with van der Waals surface area (Å²) in [4.78, 5) is 11.9. The van der Waals surface area contributed by atoms with E-state index in [9.17, 15) is 9.90 Å². The minimum atomic E-state index is -0.739. The van der Waals surface area contributed by atoms with Gasteiger partial charge in [-0.1, -0.05) is 61.9 Å². The zero-order chi connectivity index (χ0) is 20.2. The van der Waals surface area contributed by atoms with E-state index in [1.54, 1.807) is 5.57 Å². The molecular weight excluding hydrogens is 356 g/mol. The summed E-state index contributed by atoms with van der Waals surface area (Å²) >= 11 is 0. The Hall–Kier alpha value is -1.93. The quantitative estimate of drug-likeness (QED) is 0.686. The molecule has 2 heteroatoms. The molecule has 2 nitrogen and oxygen atoms in total. The molecule has 5 rings (SSSR count). The highest BCUT2D eigenvalue weighted by Gasteiger charge is 2.61. The third-order valence-electron chi connectivity index (χ3n) is 8.56. The van der Waals surface area contributed by atoms with Gasteiger partial charge in [-0.25, -0.2) is 0 Å². The van der Waals surface area contributed by atoms with E-state index in [0.29, 0.717) is 30.0 Å². The number of carbonyl (C=O) groups is 1. The summed E-state index contributed by atoms with van der Waals surface area (Å²) < 4.78 is 0. The van der Waals surface area contributed by atoms with Gasteiger partial charge in [0.15, 0.2) is 5.78 Å². The Bertz CT molecular complexity index is 921. The van der Waals surface area contributed by atoms with E-state index in [1.807, 2.05) is 24.3 Å². The molecule has 29 heavy (non-hydrogen) atoms. The maximum absolute atomic E-state index is 11.9. The van der Waals surface area contributed by atoms with Gasteiger partial charge in [0.05, 0.1) is 5.60 Å². The van der Waals surface area contributed by atoms with Crippen LogP contribution in [0.3, 0.4) is 0 Å². The monoisotopic (exact) mass is 388 g/mol. The maximum Gasteiger partial charge on any atom is 0.156 e. The van der Waals surface area contributed by atoms with Crippen LogP contribution < -0.4 is 0 Å². The van der Waals surface area contributed by atoms with Crippen molar-refractivity contribution in [3.63, 3.8) is 0 Å². The molecule has 1 aromatic carbocycles. The topological polar surface area (TPSA) is 37.3 Å². The molecule has 0 bridgehead atoms. The first-order valence-electron chi connectivity index (χ1n) is 11.3. The van der Waals surface area contributed by atoms with Gasteiger partial charge in [0.1, 0.15) is 0 Å². The van der Waals surface area contributed by atoms with Crippen LogP contribution in [0.25, 0.3) is 6.08 Å². The largest absolute Gasteiger partial charge is 0.385 e. The first-order chi connectivity index (χ1) is 13.9. The first-order valence-corrected chi connectivity index (χ1v) is 11.3. The van der Waals surface area contributed by atoms with Crippen molar-refractivity contribution in [3.8, 4) is 0 Å². The summed E-state index contributed by atoms with van der Waals surface area (Å²) in [6.45, 7) is 4.70. The van der Waals surface area contributed by atoms with E-state index < -0.39 is 5.60 Å². The lowest BCUT2D eigenvalue weighted by Crippen LogP contribution is -2.50. The Labute approximate surface area is 174 Å². The predicted molar refractivity (Wildman–Crippen MR) is 117 cm³/mol. The Morgan fingerprint density at radius 2 is 1.90 bits per heavy atom. The average molecular weight is 389 g/mol. The number of carbonyl (C=O) groups excluding carboxylic acids is 1. The number of hydrogen-bond acceptors (Lipinski definition) is 2. The van der Waals surface area contributed by atoms with Gasteiger partial charge in [-0.3, -0.25) is 4.79 Å². The molecule has 0 aliphatic heterocycles. The number of benzene rings is 1. The smallest absolute Gasteiger partial charge is 0.156 e. The predicted octanol–water partition coefficient (Wildman–Crippen LogP) is 5.88. The summed E-state index contributed by atoms with van der Waals surface area (Å²) in [6, 6.07) is 10.3. The molecule has 152 valence electrons. The van der Waals surface area contributed by atoms with Crippen LogP contribution in [0.5, 0.6) is 0 Å². The van der Waals surface area contributed by atoms with E-state index in [0.717, 1.165) is 44.1 Å². The Balaban J connectivity index is 1.50. The fourth-order valence-electron chi connectivity index (χ4n) is 7.18. The highest BCUT2D eigenvalue weighted by atomic mass is 16.3. The van der Waals surface area contributed by atoms with Gasteiger partial charge < -0.3 is 5.11 Å². The molecule has 2 unspecified atom stereocenters. The van der Waals surface area contributed by atoms with Gasteiger partial charge in [-0.15, -0.1) is 0 Å². The van der Waals surface area contributed by atoms with Gasteiger partial charge in [-0.05, 0) is 79.1 Å². The van der Waals surface area contributed by atoms with E-state index in [-0.39, 0.29) is 5.41 Å². The molecule has 2 saturated carbocycles. The van der Waals surface area contributed by atoms with Gasteiger partial charge in [0.2, 0.25) is 0 Å². The Kier molecular flexibility index (Phi) is 4.47. The van der Waals surface area contributed by atoms with Crippen LogP contribution in [0.2, 0.25) is 0 Å². The summed E-state index contributed by atoms with van der Waals surface area (Å²) in [7, 11) is 0. The van der Waals surface area contributed by atoms with Crippen LogP contribution in [-0.2, 0) is 4.79 Å². The second kappa shape index (κ2) is 6.80. The zero-order valence-corrected chi connectivity index (χ0v) is 17.7. The summed E-state index contributed by atoms with van der Waals surface area (Å²) in [5, 5.41) is 11.8. The second-order valence-corrected chi connectivity index (χ2v) is 10.1. The van der Waals surface area contributed by atoms with E-state index >= 15 is 0 Å². The molecule has 0 heterocycles. The Morgan fingerprint density at radius 1 is 1.10 bits per heavy atom. The number of allylic oxidation sites excluding steroid dienone is 4. The fourth-order valence-corrected chi connectivity index (χ4v) is 7.18. The van der Waals surface area contributed by atoms with Crippen molar-refractivity contribution in [2.75, 3.05) is 0 Å². The average Bonchev–Trinajstić information content (AvgIpc) is 2.97. The van der Waals surface area contributed by atoms with Crippen molar-refractivity contribution in [1.29, 1.82) is 0 Å². The minimum absolute atomic E-state index is 0.0852. The molecule has 0 aromatic heterocycles. The lowest BCUT2D eigenvalue weighted by atomic mass is 9.52. The number of hydrogen-bond donors (Lipinski definition) is 1. The van der Waals surface area contributed by atoms with Gasteiger partial charge >= 0.3 is 0 Å². The van der Waals surface area contributed by atoms with E-state index in [2.05, 4.69) is 38.1 Å². The summed E-state index contributed by atoms with van der Waals surface area (Å²) in [6.07, 6.45) is 12.9. The van der Waals surface area contributed by atoms with Crippen molar-refractivity contribution >= 4 is 11.9 Å². The molecule has 0 radical (unpaired) electrons. The van der Waals surface area contributed by atoms with Crippen LogP contribution in [0, 0.1) is 23.2 Å². The lowest BCUT2D eigenvalue weighted by molar-refractivity contribution is -0.114. The third-order valence-corrected chi connectivity index (χ3v) is 8.56. The van der Waals surface area contributed by atoms with Crippen molar-refractivity contribution in [1.82, 2.24) is 0 Å². The van der Waals surface area contributed by atoms with Crippen molar-refractivity contribution in [3.05, 3.63) is 64.8 Å². The normalized spacial score (nSPS) is 39.2. The Morgan fingerprint density at radius 3 is 2.69 bits per heavy atom. The van der Waals surface area contributed by atoms with Crippen LogP contribution >= 0.6 is 0 Å². The SMILES string of the molecule is C[C@H]1C[C@@]2(C)C(CC[C@@]2(O)/C=C/c2ccccc2)C2CCC3=CC(=O)CCC3=C21. The molecule has 0 spiro atoms.